The summed E-state index contributed by atoms with van der Waals surface area (Å²) in [6.45, 7) is 2.02. The van der Waals surface area contributed by atoms with E-state index in [1.165, 1.54) is 16.9 Å². The van der Waals surface area contributed by atoms with Crippen molar-refractivity contribution in [1.82, 2.24) is 4.98 Å². The number of thiazole rings is 1. The number of nitrogens with zero attached hydrogens (tertiary/aromatic N) is 1. The normalized spacial score (nSPS) is 10.3. The summed E-state index contributed by atoms with van der Waals surface area (Å²) in [6, 6.07) is 8.02. The first kappa shape index (κ1) is 10.8. The van der Waals surface area contributed by atoms with Gasteiger partial charge in [-0.3, -0.25) is 0 Å². The van der Waals surface area contributed by atoms with Crippen molar-refractivity contribution >= 4 is 17.3 Å². The largest absolute Gasteiger partial charge is 0.477 e. The lowest BCUT2D eigenvalue weighted by atomic mass is 10.1. The third kappa shape index (κ3) is 2.28. The Hall–Kier alpha value is -1.68. The molecule has 16 heavy (non-hydrogen) atoms. The summed E-state index contributed by atoms with van der Waals surface area (Å²) in [6.07, 6.45) is 0.576. The molecule has 4 heteroatoms. The number of carbonyl (C=O) groups is 1. The molecule has 1 N–H and O–H groups in total. The highest BCUT2D eigenvalue weighted by molar-refractivity contribution is 7.11. The van der Waals surface area contributed by atoms with Crippen LogP contribution in [0, 0.1) is 6.92 Å². The van der Waals surface area contributed by atoms with Crippen LogP contribution >= 0.6 is 11.3 Å². The maximum absolute atomic E-state index is 10.9. The van der Waals surface area contributed by atoms with Gasteiger partial charge in [0, 0.05) is 6.42 Å². The van der Waals surface area contributed by atoms with Crippen molar-refractivity contribution < 1.29 is 9.90 Å². The van der Waals surface area contributed by atoms with Gasteiger partial charge in [-0.1, -0.05) is 29.8 Å². The van der Waals surface area contributed by atoms with Crippen molar-refractivity contribution in [2.75, 3.05) is 0 Å². The first-order chi connectivity index (χ1) is 7.66. The quantitative estimate of drug-likeness (QED) is 0.886. The smallest absolute Gasteiger partial charge is 0.347 e. The van der Waals surface area contributed by atoms with Gasteiger partial charge >= 0.3 is 5.97 Å². The van der Waals surface area contributed by atoms with Gasteiger partial charge in [0.1, 0.15) is 4.88 Å². The molecule has 0 unspecified atom stereocenters. The fraction of sp³-hybridized carbons (Fsp3) is 0.167. The fourth-order valence-corrected chi connectivity index (χ4v) is 2.23. The van der Waals surface area contributed by atoms with Gasteiger partial charge in [0.2, 0.25) is 0 Å². The van der Waals surface area contributed by atoms with Crippen molar-refractivity contribution in [3.63, 3.8) is 0 Å². The van der Waals surface area contributed by atoms with Gasteiger partial charge in [0.25, 0.3) is 0 Å². The van der Waals surface area contributed by atoms with E-state index in [0.717, 1.165) is 5.56 Å². The molecule has 82 valence electrons. The van der Waals surface area contributed by atoms with Crippen LogP contribution in [0.25, 0.3) is 0 Å². The maximum Gasteiger partial charge on any atom is 0.347 e. The molecule has 1 aromatic carbocycles. The highest BCUT2D eigenvalue weighted by atomic mass is 32.1. The van der Waals surface area contributed by atoms with E-state index in [1.54, 1.807) is 5.51 Å². The molecule has 0 atom stereocenters. The van der Waals surface area contributed by atoms with E-state index >= 15 is 0 Å². The van der Waals surface area contributed by atoms with E-state index in [0.29, 0.717) is 17.0 Å². The van der Waals surface area contributed by atoms with E-state index < -0.39 is 5.97 Å². The molecule has 0 fully saturated rings. The minimum atomic E-state index is -0.898. The molecule has 1 heterocycles. The maximum atomic E-state index is 10.9. The lowest BCUT2D eigenvalue weighted by molar-refractivity contribution is 0.0701. The number of hydrogen-bond donors (Lipinski definition) is 1. The average Bonchev–Trinajstić information content (AvgIpc) is 2.66. The lowest BCUT2D eigenvalue weighted by Crippen LogP contribution is -2.00. The number of aryl methyl sites for hydroxylation is 1. The monoisotopic (exact) mass is 233 g/mol. The zero-order valence-electron chi connectivity index (χ0n) is 8.80. The predicted octanol–water partition coefficient (Wildman–Crippen LogP) is 2.74. The zero-order chi connectivity index (χ0) is 11.5. The molecule has 0 spiro atoms. The summed E-state index contributed by atoms with van der Waals surface area (Å²) < 4.78 is 0. The van der Waals surface area contributed by atoms with Crippen molar-refractivity contribution in [2.45, 2.75) is 13.3 Å². The van der Waals surface area contributed by atoms with Gasteiger partial charge in [0.15, 0.2) is 0 Å². The van der Waals surface area contributed by atoms with E-state index in [9.17, 15) is 4.79 Å². The Morgan fingerprint density at radius 2 is 2.31 bits per heavy atom. The second-order valence-corrected chi connectivity index (χ2v) is 4.45. The molecule has 0 aliphatic carbocycles. The third-order valence-corrected chi connectivity index (χ3v) is 3.15. The Bertz CT molecular complexity index is 519. The van der Waals surface area contributed by atoms with E-state index in [2.05, 4.69) is 4.98 Å². The van der Waals surface area contributed by atoms with Crippen molar-refractivity contribution in [1.29, 1.82) is 0 Å². The van der Waals surface area contributed by atoms with Crippen LogP contribution in [0.1, 0.15) is 26.5 Å². The van der Waals surface area contributed by atoms with Gasteiger partial charge in [0.05, 0.1) is 11.2 Å². The molecule has 2 aromatic rings. The van der Waals surface area contributed by atoms with Crippen LogP contribution in [-0.2, 0) is 6.42 Å². The van der Waals surface area contributed by atoms with Crippen molar-refractivity contribution in [2.24, 2.45) is 0 Å². The van der Waals surface area contributed by atoms with Gasteiger partial charge in [-0.05, 0) is 12.5 Å². The van der Waals surface area contributed by atoms with Gasteiger partial charge in [-0.2, -0.15) is 0 Å². The van der Waals surface area contributed by atoms with E-state index in [1.807, 2.05) is 31.2 Å². The molecule has 0 saturated heterocycles. The van der Waals surface area contributed by atoms with E-state index in [-0.39, 0.29) is 0 Å². The molecule has 3 nitrogen and oxygen atoms in total. The van der Waals surface area contributed by atoms with Crippen LogP contribution in [0.15, 0.2) is 29.8 Å². The summed E-state index contributed by atoms with van der Waals surface area (Å²) >= 11 is 1.17. The molecule has 0 aliphatic rings. The lowest BCUT2D eigenvalue weighted by Gasteiger charge is -2.01. The summed E-state index contributed by atoms with van der Waals surface area (Å²) in [7, 11) is 0. The van der Waals surface area contributed by atoms with Crippen LogP contribution in [-0.4, -0.2) is 16.1 Å². The summed E-state index contributed by atoms with van der Waals surface area (Å²) in [5, 5.41) is 8.96. The fourth-order valence-electron chi connectivity index (χ4n) is 1.58. The predicted molar refractivity (Wildman–Crippen MR) is 63.1 cm³/mol. The summed E-state index contributed by atoms with van der Waals surface area (Å²) in [4.78, 5) is 15.3. The standard InChI is InChI=1S/C12H11NO2S/c1-8-3-2-4-9(5-8)6-10-11(12(14)15)16-7-13-10/h2-5,7H,6H2,1H3,(H,14,15). The van der Waals surface area contributed by atoms with E-state index in [4.69, 9.17) is 5.11 Å². The Balaban J connectivity index is 2.27. The second-order valence-electron chi connectivity index (χ2n) is 3.60. The Morgan fingerprint density at radius 1 is 1.50 bits per heavy atom. The zero-order valence-corrected chi connectivity index (χ0v) is 9.62. The average molecular weight is 233 g/mol. The molecule has 0 aliphatic heterocycles. The van der Waals surface area contributed by atoms with Crippen LogP contribution in [0.4, 0.5) is 0 Å². The minimum Gasteiger partial charge on any atom is -0.477 e. The number of hydrogen-bond acceptors (Lipinski definition) is 3. The molecule has 0 saturated carbocycles. The van der Waals surface area contributed by atoms with Crippen LogP contribution in [0.3, 0.4) is 0 Å². The molecular formula is C12H11NO2S. The first-order valence-electron chi connectivity index (χ1n) is 4.88. The van der Waals surface area contributed by atoms with Gasteiger partial charge < -0.3 is 5.11 Å². The number of aromatic nitrogens is 1. The SMILES string of the molecule is Cc1cccc(Cc2ncsc2C(=O)O)c1. The summed E-state index contributed by atoms with van der Waals surface area (Å²) in [5.41, 5.74) is 4.48. The Kier molecular flexibility index (Phi) is 3.01. The molecule has 0 radical (unpaired) electrons. The number of rotatable bonds is 3. The molecule has 2 rings (SSSR count). The topological polar surface area (TPSA) is 50.2 Å². The number of benzene rings is 1. The molecular weight excluding hydrogens is 222 g/mol. The Labute approximate surface area is 97.4 Å². The van der Waals surface area contributed by atoms with Crippen LogP contribution in [0.2, 0.25) is 0 Å². The van der Waals surface area contributed by atoms with Gasteiger partial charge in [-0.15, -0.1) is 11.3 Å². The number of aromatic carboxylic acids is 1. The molecule has 0 amide bonds. The molecule has 0 bridgehead atoms. The van der Waals surface area contributed by atoms with Crippen LogP contribution < -0.4 is 0 Å². The third-order valence-electron chi connectivity index (χ3n) is 2.29. The second kappa shape index (κ2) is 4.45. The number of carboxylic acids is 1. The minimum absolute atomic E-state index is 0.335. The van der Waals surface area contributed by atoms with Crippen molar-refractivity contribution in [3.8, 4) is 0 Å². The number of carboxylic acid groups (broad SMARTS) is 1. The highest BCUT2D eigenvalue weighted by Crippen LogP contribution is 2.17. The van der Waals surface area contributed by atoms with Gasteiger partial charge in [-0.25, -0.2) is 9.78 Å². The highest BCUT2D eigenvalue weighted by Gasteiger charge is 2.13. The first-order valence-corrected chi connectivity index (χ1v) is 5.76. The van der Waals surface area contributed by atoms with Crippen molar-refractivity contribution in [3.05, 3.63) is 51.5 Å². The Morgan fingerprint density at radius 3 is 3.00 bits per heavy atom. The van der Waals surface area contributed by atoms with Crippen LogP contribution in [0.5, 0.6) is 0 Å². The summed E-state index contributed by atoms with van der Waals surface area (Å²) in [5.74, 6) is -0.898. The molecule has 1 aromatic heterocycles.